The molecule has 0 bridgehead atoms. The van der Waals surface area contributed by atoms with Crippen LogP contribution < -0.4 is 5.43 Å². The average molecular weight is 316 g/mol. The second kappa shape index (κ2) is 6.12. The highest BCUT2D eigenvalue weighted by molar-refractivity contribution is 6.32. The van der Waals surface area contributed by atoms with Crippen LogP contribution >= 0.6 is 23.2 Å². The van der Waals surface area contributed by atoms with Crippen molar-refractivity contribution in [2.24, 2.45) is 5.10 Å². The van der Waals surface area contributed by atoms with E-state index in [4.69, 9.17) is 23.2 Å². The summed E-state index contributed by atoms with van der Waals surface area (Å²) in [7, 11) is 0. The van der Waals surface area contributed by atoms with E-state index in [1.807, 2.05) is 42.5 Å². The molecule has 2 aromatic carbocycles. The minimum atomic E-state index is 0.426. The molecule has 1 N–H and O–H groups in total. The number of pyridine rings is 1. The molecule has 3 nitrogen and oxygen atoms in total. The van der Waals surface area contributed by atoms with Crippen LogP contribution in [0.5, 0.6) is 0 Å². The van der Waals surface area contributed by atoms with Gasteiger partial charge < -0.3 is 0 Å². The number of aromatic nitrogens is 1. The lowest BCUT2D eigenvalue weighted by Gasteiger charge is -2.02. The molecule has 3 aromatic rings. The van der Waals surface area contributed by atoms with E-state index in [2.05, 4.69) is 15.5 Å². The number of nitrogens with one attached hydrogen (secondary N) is 1. The molecular weight excluding hydrogens is 305 g/mol. The Kier molecular flexibility index (Phi) is 4.04. The van der Waals surface area contributed by atoms with Crippen molar-refractivity contribution in [3.63, 3.8) is 0 Å². The predicted molar refractivity (Wildman–Crippen MR) is 89.4 cm³/mol. The maximum absolute atomic E-state index is 6.16. The van der Waals surface area contributed by atoms with Crippen LogP contribution in [0.3, 0.4) is 0 Å². The molecule has 104 valence electrons. The smallest absolute Gasteiger partial charge is 0.138 e. The quantitative estimate of drug-likeness (QED) is 0.420. The molecule has 1 aromatic heterocycles. The van der Waals surface area contributed by atoms with E-state index in [0.717, 1.165) is 22.2 Å². The van der Waals surface area contributed by atoms with Gasteiger partial charge in [0.15, 0.2) is 0 Å². The molecule has 0 aliphatic rings. The van der Waals surface area contributed by atoms with E-state index in [9.17, 15) is 0 Å². The highest BCUT2D eigenvalue weighted by Crippen LogP contribution is 2.19. The van der Waals surface area contributed by atoms with Crippen LogP contribution in [0.2, 0.25) is 10.2 Å². The van der Waals surface area contributed by atoms with E-state index in [-0.39, 0.29) is 0 Å². The number of hydrogen-bond acceptors (Lipinski definition) is 3. The van der Waals surface area contributed by atoms with Gasteiger partial charge in [-0.25, -0.2) is 4.98 Å². The number of rotatable bonds is 3. The fraction of sp³-hybridized carbons (Fsp3) is 0. The summed E-state index contributed by atoms with van der Waals surface area (Å²) < 4.78 is 0. The Balaban J connectivity index is 1.82. The molecule has 0 fully saturated rings. The summed E-state index contributed by atoms with van der Waals surface area (Å²) in [5.74, 6) is 0. The van der Waals surface area contributed by atoms with Gasteiger partial charge >= 0.3 is 0 Å². The van der Waals surface area contributed by atoms with Crippen LogP contribution in [0.15, 0.2) is 59.7 Å². The number of hydrazone groups is 1. The van der Waals surface area contributed by atoms with E-state index >= 15 is 0 Å². The van der Waals surface area contributed by atoms with Gasteiger partial charge in [0.2, 0.25) is 0 Å². The Morgan fingerprint density at radius 2 is 1.76 bits per heavy atom. The summed E-state index contributed by atoms with van der Waals surface area (Å²) >= 11 is 12.0. The highest BCUT2D eigenvalue weighted by atomic mass is 35.5. The molecule has 0 spiro atoms. The Bertz CT molecular complexity index is 798. The van der Waals surface area contributed by atoms with Crippen LogP contribution in [0.25, 0.3) is 10.9 Å². The van der Waals surface area contributed by atoms with Crippen LogP contribution in [-0.4, -0.2) is 11.2 Å². The van der Waals surface area contributed by atoms with Gasteiger partial charge in [0.1, 0.15) is 5.15 Å². The minimum Gasteiger partial charge on any atom is -0.279 e. The van der Waals surface area contributed by atoms with Crippen molar-refractivity contribution in [3.8, 4) is 0 Å². The molecule has 5 heteroatoms. The van der Waals surface area contributed by atoms with Gasteiger partial charge in [-0.2, -0.15) is 5.10 Å². The number of anilines is 1. The number of nitrogens with zero attached hydrogens (tertiary/aromatic N) is 2. The summed E-state index contributed by atoms with van der Waals surface area (Å²) in [6.45, 7) is 0. The zero-order valence-corrected chi connectivity index (χ0v) is 12.4. The van der Waals surface area contributed by atoms with Crippen molar-refractivity contribution in [2.45, 2.75) is 0 Å². The highest BCUT2D eigenvalue weighted by Gasteiger charge is 2.02. The van der Waals surface area contributed by atoms with Crippen LogP contribution in [0, 0.1) is 0 Å². The van der Waals surface area contributed by atoms with E-state index in [0.29, 0.717) is 10.2 Å². The molecule has 0 atom stereocenters. The molecule has 0 unspecified atom stereocenters. The number of halogens is 2. The second-order valence-corrected chi connectivity index (χ2v) is 5.23. The van der Waals surface area contributed by atoms with Gasteiger partial charge in [-0.05, 0) is 36.4 Å². The molecule has 0 saturated heterocycles. The molecular formula is C16H11Cl2N3. The van der Waals surface area contributed by atoms with E-state index in [1.54, 1.807) is 18.3 Å². The summed E-state index contributed by atoms with van der Waals surface area (Å²) in [6.07, 6.45) is 1.65. The average Bonchev–Trinajstić information content (AvgIpc) is 2.50. The van der Waals surface area contributed by atoms with Crippen molar-refractivity contribution in [3.05, 3.63) is 70.3 Å². The van der Waals surface area contributed by atoms with Crippen LogP contribution in [0.4, 0.5) is 5.69 Å². The number of para-hydroxylation sites is 1. The number of hydrogen-bond donors (Lipinski definition) is 1. The van der Waals surface area contributed by atoms with Crippen molar-refractivity contribution in [2.75, 3.05) is 5.43 Å². The lowest BCUT2D eigenvalue weighted by molar-refractivity contribution is 1.34. The molecule has 21 heavy (non-hydrogen) atoms. The van der Waals surface area contributed by atoms with Gasteiger partial charge in [-0.1, -0.05) is 41.4 Å². The summed E-state index contributed by atoms with van der Waals surface area (Å²) in [6, 6.07) is 17.1. The molecule has 0 radical (unpaired) electrons. The SMILES string of the molecule is Clc1ccc(N/N=C\c2cc3ccccc3nc2Cl)cc1. The fourth-order valence-corrected chi connectivity index (χ4v) is 2.22. The molecule has 0 aliphatic heterocycles. The lowest BCUT2D eigenvalue weighted by atomic mass is 10.2. The largest absolute Gasteiger partial charge is 0.279 e. The third kappa shape index (κ3) is 3.32. The van der Waals surface area contributed by atoms with Gasteiger partial charge in [-0.15, -0.1) is 0 Å². The third-order valence-electron chi connectivity index (χ3n) is 2.95. The molecule has 0 saturated carbocycles. The van der Waals surface area contributed by atoms with Crippen LogP contribution in [0.1, 0.15) is 5.56 Å². The number of benzene rings is 2. The molecule has 3 rings (SSSR count). The van der Waals surface area contributed by atoms with Crippen molar-refractivity contribution >= 4 is 46.0 Å². The van der Waals surface area contributed by atoms with E-state index < -0.39 is 0 Å². The number of fused-ring (bicyclic) bond motifs is 1. The Labute approximate surface area is 132 Å². The Morgan fingerprint density at radius 3 is 2.57 bits per heavy atom. The zero-order chi connectivity index (χ0) is 14.7. The van der Waals surface area contributed by atoms with Gasteiger partial charge in [0, 0.05) is 16.0 Å². The van der Waals surface area contributed by atoms with Crippen molar-refractivity contribution in [1.82, 2.24) is 4.98 Å². The molecule has 0 aliphatic carbocycles. The normalized spacial score (nSPS) is 11.1. The summed E-state index contributed by atoms with van der Waals surface area (Å²) in [5.41, 5.74) is 5.39. The van der Waals surface area contributed by atoms with E-state index in [1.165, 1.54) is 0 Å². The second-order valence-electron chi connectivity index (χ2n) is 4.44. The molecule has 1 heterocycles. The molecule has 0 amide bonds. The minimum absolute atomic E-state index is 0.426. The lowest BCUT2D eigenvalue weighted by Crippen LogP contribution is -1.93. The van der Waals surface area contributed by atoms with Crippen molar-refractivity contribution in [1.29, 1.82) is 0 Å². The summed E-state index contributed by atoms with van der Waals surface area (Å²) in [4.78, 5) is 4.34. The predicted octanol–water partition coefficient (Wildman–Crippen LogP) is 4.99. The third-order valence-corrected chi connectivity index (χ3v) is 3.50. The van der Waals surface area contributed by atoms with Crippen molar-refractivity contribution < 1.29 is 0 Å². The maximum Gasteiger partial charge on any atom is 0.138 e. The van der Waals surface area contributed by atoms with Gasteiger partial charge in [0.05, 0.1) is 17.4 Å². The standard InChI is InChI=1S/C16H11Cl2N3/c17-13-5-7-14(8-6-13)21-19-10-12-9-11-3-1-2-4-15(11)20-16(12)18/h1-10,21H/b19-10-. The Morgan fingerprint density at radius 1 is 1.00 bits per heavy atom. The fourth-order valence-electron chi connectivity index (χ4n) is 1.90. The van der Waals surface area contributed by atoms with Gasteiger partial charge in [0.25, 0.3) is 0 Å². The first kappa shape index (κ1) is 13.9. The topological polar surface area (TPSA) is 37.3 Å². The zero-order valence-electron chi connectivity index (χ0n) is 10.9. The first-order chi connectivity index (χ1) is 10.2. The monoisotopic (exact) mass is 315 g/mol. The maximum atomic E-state index is 6.16. The Hall–Kier alpha value is -2.10. The van der Waals surface area contributed by atoms with Gasteiger partial charge in [-0.3, -0.25) is 5.43 Å². The first-order valence-electron chi connectivity index (χ1n) is 6.32. The first-order valence-corrected chi connectivity index (χ1v) is 7.08. The summed E-state index contributed by atoms with van der Waals surface area (Å²) in [5, 5.41) is 6.30. The van der Waals surface area contributed by atoms with Crippen LogP contribution in [-0.2, 0) is 0 Å².